The molecule has 40 heavy (non-hydrogen) atoms. The minimum atomic E-state index is -1.69. The molecule has 0 N–H and O–H groups in total. The molecule has 0 saturated carbocycles. The summed E-state index contributed by atoms with van der Waals surface area (Å²) in [7, 11) is -1.69. The summed E-state index contributed by atoms with van der Waals surface area (Å²) in [4.78, 5) is 14.8. The molecule has 0 spiro atoms. The number of nitrogens with zero attached hydrogens (tertiary/aromatic N) is 6. The van der Waals surface area contributed by atoms with Gasteiger partial charge in [0.1, 0.15) is 11.3 Å². The molecule has 2 atom stereocenters. The Hall–Kier alpha value is -0.983. The fraction of sp³-hybridized carbons (Fsp3) is 0.621. The molecule has 0 radical (unpaired) electrons. The van der Waals surface area contributed by atoms with Gasteiger partial charge in [0.15, 0.2) is 17.7 Å². The number of fused-ring (bicyclic) bond motifs is 1. The zero-order chi connectivity index (χ0) is 28.8. The van der Waals surface area contributed by atoms with Crippen molar-refractivity contribution in [3.8, 4) is 0 Å². The Morgan fingerprint density at radius 1 is 1.15 bits per heavy atom. The lowest BCUT2D eigenvalue weighted by atomic mass is 9.80. The van der Waals surface area contributed by atoms with Crippen molar-refractivity contribution >= 4 is 71.1 Å². The lowest BCUT2D eigenvalue weighted by molar-refractivity contribution is 0.103. The third-order valence-electron chi connectivity index (χ3n) is 9.25. The number of anilines is 1. The van der Waals surface area contributed by atoms with E-state index in [9.17, 15) is 0 Å². The maximum atomic E-state index is 6.53. The molecule has 2 aliphatic heterocycles. The second-order valence-corrected chi connectivity index (χ2v) is 19.6. The van der Waals surface area contributed by atoms with Crippen LogP contribution >= 0.6 is 45.8 Å². The molecule has 2 unspecified atom stereocenters. The second-order valence-electron chi connectivity index (χ2n) is 13.0. The zero-order valence-electron chi connectivity index (χ0n) is 24.4. The minimum absolute atomic E-state index is 0.0988. The SMILES string of the molecule is CC(c1ccc(Cl)cc1Cl)n1nc(I)c2ncc(N3CC(C4CCCN(CCO[Si](C)(C)C(C)(C)C)C4)C3)nc21. The molecule has 2 saturated heterocycles. The van der Waals surface area contributed by atoms with E-state index in [1.165, 1.54) is 25.9 Å². The Labute approximate surface area is 263 Å². The van der Waals surface area contributed by atoms with Crippen molar-refractivity contribution < 1.29 is 4.43 Å². The lowest BCUT2D eigenvalue weighted by Gasteiger charge is -2.47. The first-order valence-corrected chi connectivity index (χ1v) is 19.1. The number of piperidine rings is 1. The molecular formula is C29H41Cl2IN6OSi. The first-order valence-electron chi connectivity index (χ1n) is 14.3. The van der Waals surface area contributed by atoms with Gasteiger partial charge in [0.2, 0.25) is 0 Å². The highest BCUT2D eigenvalue weighted by molar-refractivity contribution is 14.1. The predicted octanol–water partition coefficient (Wildman–Crippen LogP) is 7.52. The van der Waals surface area contributed by atoms with E-state index in [1.807, 2.05) is 23.0 Å². The van der Waals surface area contributed by atoms with Gasteiger partial charge in [-0.2, -0.15) is 5.10 Å². The van der Waals surface area contributed by atoms with E-state index in [-0.39, 0.29) is 11.1 Å². The Morgan fingerprint density at radius 3 is 2.60 bits per heavy atom. The predicted molar refractivity (Wildman–Crippen MR) is 176 cm³/mol. The van der Waals surface area contributed by atoms with E-state index in [0.717, 1.165) is 58.4 Å². The highest BCUT2D eigenvalue weighted by Crippen LogP contribution is 2.37. The van der Waals surface area contributed by atoms with Crippen LogP contribution in [-0.2, 0) is 4.43 Å². The molecule has 2 fully saturated rings. The van der Waals surface area contributed by atoms with Gasteiger partial charge in [-0.3, -0.25) is 0 Å². The number of benzene rings is 1. The fourth-order valence-electron chi connectivity index (χ4n) is 5.58. The number of rotatable bonds is 8. The van der Waals surface area contributed by atoms with Crippen LogP contribution in [-0.4, -0.2) is 72.3 Å². The van der Waals surface area contributed by atoms with Crippen molar-refractivity contribution in [3.05, 3.63) is 43.7 Å². The molecule has 0 bridgehead atoms. The maximum Gasteiger partial charge on any atom is 0.192 e. The van der Waals surface area contributed by atoms with Gasteiger partial charge in [0.05, 0.1) is 12.2 Å². The summed E-state index contributed by atoms with van der Waals surface area (Å²) in [5, 5.41) is 6.29. The number of halogens is 3. The normalized spacial score (nSPS) is 20.2. The molecule has 0 amide bonds. The van der Waals surface area contributed by atoms with Crippen molar-refractivity contribution in [3.63, 3.8) is 0 Å². The largest absolute Gasteiger partial charge is 0.416 e. The van der Waals surface area contributed by atoms with Crippen LogP contribution in [0, 0.1) is 15.5 Å². The van der Waals surface area contributed by atoms with Gasteiger partial charge >= 0.3 is 0 Å². The van der Waals surface area contributed by atoms with Crippen LogP contribution in [0.15, 0.2) is 24.4 Å². The lowest BCUT2D eigenvalue weighted by Crippen LogP contribution is -2.54. The monoisotopic (exact) mass is 714 g/mol. The highest BCUT2D eigenvalue weighted by Gasteiger charge is 2.38. The molecule has 4 heterocycles. The summed E-state index contributed by atoms with van der Waals surface area (Å²) in [6.45, 7) is 20.0. The summed E-state index contributed by atoms with van der Waals surface area (Å²) in [6, 6.07) is 5.50. The van der Waals surface area contributed by atoms with Gasteiger partial charge in [-0.15, -0.1) is 0 Å². The molecule has 5 rings (SSSR count). The van der Waals surface area contributed by atoms with Gasteiger partial charge in [-0.05, 0) is 96.6 Å². The van der Waals surface area contributed by atoms with Crippen LogP contribution < -0.4 is 4.90 Å². The number of likely N-dealkylation sites (tertiary alicyclic amines) is 1. The molecule has 11 heteroatoms. The van der Waals surface area contributed by atoms with E-state index in [4.69, 9.17) is 42.7 Å². The molecule has 2 aliphatic rings. The summed E-state index contributed by atoms with van der Waals surface area (Å²) < 4.78 is 9.24. The van der Waals surface area contributed by atoms with Gasteiger partial charge in [-0.25, -0.2) is 14.6 Å². The van der Waals surface area contributed by atoms with E-state index < -0.39 is 8.32 Å². The Kier molecular flexibility index (Phi) is 9.11. The van der Waals surface area contributed by atoms with Crippen molar-refractivity contribution in [2.45, 2.75) is 64.7 Å². The van der Waals surface area contributed by atoms with Gasteiger partial charge in [-0.1, -0.05) is 50.0 Å². The van der Waals surface area contributed by atoms with E-state index >= 15 is 0 Å². The molecule has 0 aliphatic carbocycles. The van der Waals surface area contributed by atoms with E-state index in [2.05, 4.69) is 73.2 Å². The molecule has 3 aromatic rings. The van der Waals surface area contributed by atoms with Crippen LogP contribution in [0.1, 0.15) is 52.1 Å². The zero-order valence-corrected chi connectivity index (χ0v) is 29.1. The number of aromatic nitrogens is 4. The topological polar surface area (TPSA) is 59.3 Å². The maximum absolute atomic E-state index is 6.53. The number of hydrogen-bond acceptors (Lipinski definition) is 6. The quantitative estimate of drug-likeness (QED) is 0.178. The standard InChI is InChI=1S/C29H41Cl2IN6OSi/c1-19(23-10-9-22(30)14-24(23)31)38-28-26(27(32)35-38)33-15-25(34-28)37-17-21(18-37)20-8-7-11-36(16-20)12-13-39-40(5,6)29(2,3)4/h9-10,14-15,19-21H,7-8,11-13,16-18H2,1-6H3. The van der Waals surface area contributed by atoms with Crippen LogP contribution in [0.2, 0.25) is 28.2 Å². The smallest absolute Gasteiger partial charge is 0.192 e. The van der Waals surface area contributed by atoms with Crippen molar-refractivity contribution in [2.24, 2.45) is 11.8 Å². The van der Waals surface area contributed by atoms with Crippen LogP contribution in [0.3, 0.4) is 0 Å². The molecule has 1 aromatic carbocycles. The van der Waals surface area contributed by atoms with Gasteiger partial charge in [0, 0.05) is 42.8 Å². The summed E-state index contributed by atoms with van der Waals surface area (Å²) in [5.74, 6) is 2.35. The Bertz CT molecular complexity index is 1360. The average Bonchev–Trinajstić information content (AvgIpc) is 3.18. The van der Waals surface area contributed by atoms with Crippen molar-refractivity contribution in [1.29, 1.82) is 0 Å². The summed E-state index contributed by atoms with van der Waals surface area (Å²) in [5.41, 5.74) is 2.57. The second kappa shape index (κ2) is 12.0. The number of hydrogen-bond donors (Lipinski definition) is 0. The van der Waals surface area contributed by atoms with Crippen molar-refractivity contribution in [2.75, 3.05) is 44.2 Å². The molecule has 218 valence electrons. The van der Waals surface area contributed by atoms with E-state index in [1.54, 1.807) is 6.07 Å². The van der Waals surface area contributed by atoms with Crippen LogP contribution in [0.4, 0.5) is 5.82 Å². The third-order valence-corrected chi connectivity index (χ3v) is 15.1. The third kappa shape index (κ3) is 6.34. The van der Waals surface area contributed by atoms with Crippen LogP contribution in [0.5, 0.6) is 0 Å². The Balaban J connectivity index is 1.21. The summed E-state index contributed by atoms with van der Waals surface area (Å²) in [6.07, 6.45) is 4.49. The van der Waals surface area contributed by atoms with Crippen molar-refractivity contribution in [1.82, 2.24) is 24.6 Å². The van der Waals surface area contributed by atoms with E-state index in [0.29, 0.717) is 16.0 Å². The summed E-state index contributed by atoms with van der Waals surface area (Å²) >= 11 is 14.9. The minimum Gasteiger partial charge on any atom is -0.416 e. The molecular weight excluding hydrogens is 674 g/mol. The average molecular weight is 716 g/mol. The highest BCUT2D eigenvalue weighted by atomic mass is 127. The van der Waals surface area contributed by atoms with Gasteiger partial charge in [0.25, 0.3) is 0 Å². The Morgan fingerprint density at radius 2 is 1.90 bits per heavy atom. The molecule has 2 aromatic heterocycles. The first kappa shape index (κ1) is 30.5. The first-order chi connectivity index (χ1) is 18.8. The fourth-order valence-corrected chi connectivity index (χ4v) is 7.80. The molecule has 7 nitrogen and oxygen atoms in total. The van der Waals surface area contributed by atoms with Gasteiger partial charge < -0.3 is 14.2 Å². The van der Waals surface area contributed by atoms with Crippen LogP contribution in [0.25, 0.3) is 11.2 Å².